The first kappa shape index (κ1) is 15.5. The van der Waals surface area contributed by atoms with Crippen molar-refractivity contribution in [2.45, 2.75) is 33.2 Å². The zero-order valence-corrected chi connectivity index (χ0v) is 12.3. The van der Waals surface area contributed by atoms with Crippen LogP contribution in [0.1, 0.15) is 38.8 Å². The summed E-state index contributed by atoms with van der Waals surface area (Å²) < 4.78 is 5.57. The maximum atomic E-state index is 6.15. The van der Waals surface area contributed by atoms with E-state index in [9.17, 15) is 0 Å². The maximum Gasteiger partial charge on any atom is 0.0591 e. The third-order valence-corrected chi connectivity index (χ3v) is 3.25. The van der Waals surface area contributed by atoms with Crippen molar-refractivity contribution in [1.82, 2.24) is 5.32 Å². The summed E-state index contributed by atoms with van der Waals surface area (Å²) in [6.07, 6.45) is 1.13. The molecular weight excluding hydrogens is 246 g/mol. The van der Waals surface area contributed by atoms with Gasteiger partial charge in [-0.1, -0.05) is 43.6 Å². The molecule has 0 saturated carbocycles. The summed E-state index contributed by atoms with van der Waals surface area (Å²) in [5, 5.41) is 4.24. The van der Waals surface area contributed by atoms with Crippen molar-refractivity contribution in [3.05, 3.63) is 34.9 Å². The van der Waals surface area contributed by atoms with Crippen molar-refractivity contribution in [3.63, 3.8) is 0 Å². The van der Waals surface area contributed by atoms with Gasteiger partial charge in [0.1, 0.15) is 0 Å². The summed E-state index contributed by atoms with van der Waals surface area (Å²) in [7, 11) is 0. The van der Waals surface area contributed by atoms with Crippen LogP contribution in [-0.4, -0.2) is 19.8 Å². The molecule has 2 nitrogen and oxygen atoms in total. The Bertz CT molecular complexity index is 341. The molecule has 0 bridgehead atoms. The van der Waals surface area contributed by atoms with Crippen LogP contribution in [0, 0.1) is 5.92 Å². The van der Waals surface area contributed by atoms with E-state index >= 15 is 0 Å². The highest BCUT2D eigenvalue weighted by atomic mass is 35.5. The molecular formula is C15H24ClNO. The Hall–Kier alpha value is -0.570. The van der Waals surface area contributed by atoms with Crippen molar-refractivity contribution in [2.75, 3.05) is 19.8 Å². The molecule has 1 aromatic rings. The Labute approximate surface area is 116 Å². The fourth-order valence-electron chi connectivity index (χ4n) is 1.70. The predicted molar refractivity (Wildman–Crippen MR) is 78.1 cm³/mol. The number of hydrogen-bond acceptors (Lipinski definition) is 2. The van der Waals surface area contributed by atoms with Crippen LogP contribution in [0.2, 0.25) is 5.02 Å². The Morgan fingerprint density at radius 3 is 2.56 bits per heavy atom. The molecule has 0 saturated heterocycles. The monoisotopic (exact) mass is 269 g/mol. The topological polar surface area (TPSA) is 21.3 Å². The normalized spacial score (nSPS) is 12.9. The summed E-state index contributed by atoms with van der Waals surface area (Å²) in [4.78, 5) is 0. The highest BCUT2D eigenvalue weighted by molar-refractivity contribution is 6.31. The minimum absolute atomic E-state index is 0.257. The predicted octanol–water partition coefficient (Wildman–Crippen LogP) is 4.05. The fourth-order valence-corrected chi connectivity index (χ4v) is 2.00. The molecule has 0 radical (unpaired) electrons. The molecule has 0 unspecified atom stereocenters. The van der Waals surface area contributed by atoms with Gasteiger partial charge in [0, 0.05) is 24.2 Å². The second kappa shape index (κ2) is 8.52. The summed E-state index contributed by atoms with van der Waals surface area (Å²) in [6.45, 7) is 8.99. The molecule has 0 aliphatic carbocycles. The van der Waals surface area contributed by atoms with Crippen molar-refractivity contribution in [1.29, 1.82) is 0 Å². The lowest BCUT2D eigenvalue weighted by molar-refractivity contribution is 0.123. The molecule has 1 rings (SSSR count). The van der Waals surface area contributed by atoms with Gasteiger partial charge in [-0.2, -0.15) is 0 Å². The van der Waals surface area contributed by atoms with Gasteiger partial charge in [-0.05, 0) is 30.9 Å². The quantitative estimate of drug-likeness (QED) is 0.719. The Kier molecular flexibility index (Phi) is 7.33. The molecule has 0 heterocycles. The smallest absolute Gasteiger partial charge is 0.0591 e. The van der Waals surface area contributed by atoms with Gasteiger partial charge in [-0.15, -0.1) is 0 Å². The van der Waals surface area contributed by atoms with Crippen molar-refractivity contribution in [3.8, 4) is 0 Å². The van der Waals surface area contributed by atoms with Crippen LogP contribution < -0.4 is 5.32 Å². The van der Waals surface area contributed by atoms with Crippen LogP contribution in [0.25, 0.3) is 0 Å². The van der Waals surface area contributed by atoms with E-state index in [1.54, 1.807) is 0 Å². The van der Waals surface area contributed by atoms with Gasteiger partial charge >= 0.3 is 0 Å². The SMILES string of the molecule is CC(C)CCOCCN[C@@H](C)c1ccccc1Cl. The van der Waals surface area contributed by atoms with Crippen LogP contribution in [0.15, 0.2) is 24.3 Å². The van der Waals surface area contributed by atoms with E-state index in [1.165, 1.54) is 0 Å². The molecule has 0 aliphatic heterocycles. The van der Waals surface area contributed by atoms with E-state index in [0.29, 0.717) is 5.92 Å². The van der Waals surface area contributed by atoms with E-state index in [0.717, 1.165) is 36.8 Å². The van der Waals surface area contributed by atoms with Crippen LogP contribution in [-0.2, 0) is 4.74 Å². The minimum atomic E-state index is 0.257. The molecule has 0 fully saturated rings. The Morgan fingerprint density at radius 1 is 1.17 bits per heavy atom. The second-order valence-electron chi connectivity index (χ2n) is 4.99. The standard InChI is InChI=1S/C15H24ClNO/c1-12(2)8-10-18-11-9-17-13(3)14-6-4-5-7-15(14)16/h4-7,12-13,17H,8-11H2,1-3H3/t13-/m0/s1. The van der Waals surface area contributed by atoms with Gasteiger partial charge in [0.25, 0.3) is 0 Å². The first-order valence-electron chi connectivity index (χ1n) is 6.66. The zero-order chi connectivity index (χ0) is 13.4. The van der Waals surface area contributed by atoms with E-state index in [2.05, 4.69) is 32.2 Å². The van der Waals surface area contributed by atoms with Crippen LogP contribution in [0.3, 0.4) is 0 Å². The van der Waals surface area contributed by atoms with E-state index in [1.807, 2.05) is 18.2 Å². The second-order valence-corrected chi connectivity index (χ2v) is 5.40. The highest BCUT2D eigenvalue weighted by Crippen LogP contribution is 2.21. The first-order chi connectivity index (χ1) is 8.61. The fraction of sp³-hybridized carbons (Fsp3) is 0.600. The molecule has 0 aliphatic rings. The van der Waals surface area contributed by atoms with E-state index in [-0.39, 0.29) is 6.04 Å². The summed E-state index contributed by atoms with van der Waals surface area (Å²) in [6, 6.07) is 8.20. The van der Waals surface area contributed by atoms with Gasteiger partial charge in [-0.25, -0.2) is 0 Å². The third-order valence-electron chi connectivity index (χ3n) is 2.91. The van der Waals surface area contributed by atoms with Gasteiger partial charge in [0.05, 0.1) is 6.61 Å². The molecule has 1 N–H and O–H groups in total. The number of hydrogen-bond donors (Lipinski definition) is 1. The molecule has 18 heavy (non-hydrogen) atoms. The lowest BCUT2D eigenvalue weighted by Crippen LogP contribution is -2.23. The lowest BCUT2D eigenvalue weighted by Gasteiger charge is -2.15. The molecule has 0 aromatic heterocycles. The molecule has 0 amide bonds. The molecule has 0 spiro atoms. The number of rotatable bonds is 8. The van der Waals surface area contributed by atoms with Gasteiger partial charge in [-0.3, -0.25) is 0 Å². The minimum Gasteiger partial charge on any atom is -0.380 e. The van der Waals surface area contributed by atoms with E-state index < -0.39 is 0 Å². The van der Waals surface area contributed by atoms with Gasteiger partial charge in [0.15, 0.2) is 0 Å². The summed E-state index contributed by atoms with van der Waals surface area (Å²) in [5.41, 5.74) is 1.14. The average molecular weight is 270 g/mol. The number of nitrogens with one attached hydrogen (secondary N) is 1. The summed E-state index contributed by atoms with van der Waals surface area (Å²) in [5.74, 6) is 0.708. The average Bonchev–Trinajstić information content (AvgIpc) is 2.33. The number of halogens is 1. The lowest BCUT2D eigenvalue weighted by atomic mass is 10.1. The van der Waals surface area contributed by atoms with E-state index in [4.69, 9.17) is 16.3 Å². The molecule has 102 valence electrons. The van der Waals surface area contributed by atoms with Gasteiger partial charge in [0.2, 0.25) is 0 Å². The number of ether oxygens (including phenoxy) is 1. The molecule has 1 atom stereocenters. The zero-order valence-electron chi connectivity index (χ0n) is 11.6. The van der Waals surface area contributed by atoms with Gasteiger partial charge < -0.3 is 10.1 Å². The van der Waals surface area contributed by atoms with Crippen molar-refractivity contribution < 1.29 is 4.74 Å². The molecule has 3 heteroatoms. The Balaban J connectivity index is 2.18. The maximum absolute atomic E-state index is 6.15. The van der Waals surface area contributed by atoms with Crippen LogP contribution >= 0.6 is 11.6 Å². The van der Waals surface area contributed by atoms with Crippen molar-refractivity contribution >= 4 is 11.6 Å². The number of benzene rings is 1. The molecule has 1 aromatic carbocycles. The van der Waals surface area contributed by atoms with Crippen LogP contribution in [0.4, 0.5) is 0 Å². The first-order valence-corrected chi connectivity index (χ1v) is 7.04. The largest absolute Gasteiger partial charge is 0.380 e. The van der Waals surface area contributed by atoms with Crippen LogP contribution in [0.5, 0.6) is 0 Å². The highest BCUT2D eigenvalue weighted by Gasteiger charge is 2.07. The Morgan fingerprint density at radius 2 is 1.89 bits per heavy atom. The third kappa shape index (κ3) is 5.85. The van der Waals surface area contributed by atoms with Crippen molar-refractivity contribution in [2.24, 2.45) is 5.92 Å². The summed E-state index contributed by atoms with van der Waals surface area (Å²) >= 11 is 6.15.